The van der Waals surface area contributed by atoms with Crippen LogP contribution in [0.3, 0.4) is 0 Å². The Balaban J connectivity index is 1.42. The molecule has 5 nitrogen and oxygen atoms in total. The van der Waals surface area contributed by atoms with E-state index in [1.807, 2.05) is 0 Å². The molecule has 1 aromatic carbocycles. The van der Waals surface area contributed by atoms with E-state index in [0.29, 0.717) is 31.0 Å². The van der Waals surface area contributed by atoms with Crippen molar-refractivity contribution in [3.8, 4) is 0 Å². The zero-order valence-corrected chi connectivity index (χ0v) is 14.9. The number of nitrogens with one attached hydrogen (secondary N) is 2. The van der Waals surface area contributed by atoms with Gasteiger partial charge in [0.1, 0.15) is 5.82 Å². The number of aromatic amines is 1. The molecule has 27 heavy (non-hydrogen) atoms. The summed E-state index contributed by atoms with van der Waals surface area (Å²) in [4.78, 5) is 21.2. The van der Waals surface area contributed by atoms with Gasteiger partial charge in [-0.25, -0.2) is 4.98 Å². The van der Waals surface area contributed by atoms with Crippen LogP contribution in [-0.4, -0.2) is 33.9 Å². The second-order valence-electron chi connectivity index (χ2n) is 6.93. The van der Waals surface area contributed by atoms with Crippen LogP contribution in [0.25, 0.3) is 0 Å². The zero-order valence-electron chi connectivity index (χ0n) is 14.9. The number of piperidine rings is 1. The molecular weight excluding hydrogens is 357 g/mol. The van der Waals surface area contributed by atoms with E-state index in [1.54, 1.807) is 18.5 Å². The molecule has 0 aliphatic carbocycles. The lowest BCUT2D eigenvalue weighted by Crippen LogP contribution is -2.35. The molecule has 2 N–H and O–H groups in total. The first-order valence-corrected chi connectivity index (χ1v) is 9.03. The number of benzene rings is 1. The topological polar surface area (TPSA) is 61.0 Å². The summed E-state index contributed by atoms with van der Waals surface area (Å²) < 4.78 is 38.4. The van der Waals surface area contributed by atoms with Crippen LogP contribution in [0, 0.1) is 5.92 Å². The van der Waals surface area contributed by atoms with Crippen molar-refractivity contribution in [2.24, 2.45) is 5.92 Å². The smallest absolute Gasteiger partial charge is 0.349 e. The third-order valence-corrected chi connectivity index (χ3v) is 4.85. The van der Waals surface area contributed by atoms with Gasteiger partial charge in [0, 0.05) is 25.4 Å². The Hall–Kier alpha value is -2.35. The molecule has 2 heterocycles. The highest BCUT2D eigenvalue weighted by atomic mass is 19.4. The maximum Gasteiger partial charge on any atom is 0.416 e. The van der Waals surface area contributed by atoms with Crippen molar-refractivity contribution in [3.05, 3.63) is 53.6 Å². The fraction of sp³-hybridized carbons (Fsp3) is 0.474. The summed E-state index contributed by atoms with van der Waals surface area (Å²) in [6.07, 6.45) is 1.24. The van der Waals surface area contributed by atoms with Crippen molar-refractivity contribution >= 4 is 5.91 Å². The summed E-state index contributed by atoms with van der Waals surface area (Å²) >= 11 is 0. The molecule has 0 atom stereocenters. The molecule has 0 radical (unpaired) electrons. The van der Waals surface area contributed by atoms with Crippen LogP contribution in [0.2, 0.25) is 0 Å². The molecule has 0 bridgehead atoms. The number of carbonyl (C=O) groups excluding carboxylic acids is 1. The third-order valence-electron chi connectivity index (χ3n) is 4.85. The van der Waals surface area contributed by atoms with Crippen LogP contribution in [0.1, 0.15) is 36.2 Å². The van der Waals surface area contributed by atoms with E-state index in [0.717, 1.165) is 37.8 Å². The number of rotatable bonds is 6. The molecule has 1 aromatic heterocycles. The monoisotopic (exact) mass is 380 g/mol. The second-order valence-corrected chi connectivity index (χ2v) is 6.93. The van der Waals surface area contributed by atoms with E-state index in [9.17, 15) is 18.0 Å². The number of imidazole rings is 1. The molecule has 8 heteroatoms. The van der Waals surface area contributed by atoms with Gasteiger partial charge in [0.25, 0.3) is 0 Å². The minimum Gasteiger partial charge on any atom is -0.349 e. The molecule has 1 saturated heterocycles. The molecule has 1 aliphatic heterocycles. The van der Waals surface area contributed by atoms with Crippen molar-refractivity contribution in [2.45, 2.75) is 38.5 Å². The quantitative estimate of drug-likeness (QED) is 0.808. The molecule has 146 valence electrons. The summed E-state index contributed by atoms with van der Waals surface area (Å²) in [5.74, 6) is 1.03. The number of H-pyrrole nitrogens is 1. The Bertz CT molecular complexity index is 738. The average molecular weight is 380 g/mol. The van der Waals surface area contributed by atoms with Gasteiger partial charge in [-0.1, -0.05) is 18.2 Å². The largest absolute Gasteiger partial charge is 0.416 e. The van der Waals surface area contributed by atoms with Crippen LogP contribution in [-0.2, 0) is 24.1 Å². The summed E-state index contributed by atoms with van der Waals surface area (Å²) in [6.45, 7) is 2.46. The molecule has 2 aromatic rings. The molecule has 1 amide bonds. The number of nitrogens with zero attached hydrogens (tertiary/aromatic N) is 2. The van der Waals surface area contributed by atoms with E-state index in [1.165, 1.54) is 12.1 Å². The number of alkyl halides is 3. The maximum absolute atomic E-state index is 12.8. The molecule has 1 aliphatic rings. The van der Waals surface area contributed by atoms with Crippen LogP contribution in [0.15, 0.2) is 36.7 Å². The van der Waals surface area contributed by atoms with Gasteiger partial charge in [0.05, 0.1) is 12.1 Å². The minimum atomic E-state index is -4.31. The lowest BCUT2D eigenvalue weighted by atomic mass is 9.93. The van der Waals surface area contributed by atoms with Crippen LogP contribution >= 0.6 is 0 Å². The van der Waals surface area contributed by atoms with Gasteiger partial charge >= 0.3 is 6.18 Å². The minimum absolute atomic E-state index is 0.00253. The highest BCUT2D eigenvalue weighted by Gasteiger charge is 2.30. The van der Waals surface area contributed by atoms with E-state index >= 15 is 0 Å². The standard InChI is InChI=1S/C19H23F3N4O/c20-19(21,22)16-3-1-2-15(10-16)13-26-8-4-14(5-9-26)11-18(27)25-12-17-23-6-7-24-17/h1-3,6-7,10,14H,4-5,8-9,11-13H2,(H,23,24)(H,25,27). The number of hydrogen-bond acceptors (Lipinski definition) is 3. The number of likely N-dealkylation sites (tertiary alicyclic amines) is 1. The van der Waals surface area contributed by atoms with Crippen molar-refractivity contribution in [1.29, 1.82) is 0 Å². The predicted octanol–water partition coefficient (Wildman–Crippen LogP) is 3.35. The Morgan fingerprint density at radius 1 is 1.30 bits per heavy atom. The van der Waals surface area contributed by atoms with Gasteiger partial charge in [-0.3, -0.25) is 9.69 Å². The van der Waals surface area contributed by atoms with Crippen LogP contribution < -0.4 is 5.32 Å². The van der Waals surface area contributed by atoms with Gasteiger partial charge in [-0.2, -0.15) is 13.2 Å². The summed E-state index contributed by atoms with van der Waals surface area (Å²) in [7, 11) is 0. The third kappa shape index (κ3) is 5.82. The Morgan fingerprint density at radius 2 is 2.07 bits per heavy atom. The van der Waals surface area contributed by atoms with Gasteiger partial charge in [0.2, 0.25) is 5.91 Å². The van der Waals surface area contributed by atoms with Gasteiger partial charge in [-0.05, 0) is 43.5 Å². The van der Waals surface area contributed by atoms with E-state index in [2.05, 4.69) is 20.2 Å². The Morgan fingerprint density at radius 3 is 2.74 bits per heavy atom. The summed E-state index contributed by atoms with van der Waals surface area (Å²) in [5.41, 5.74) is 0.0579. The normalized spacial score (nSPS) is 16.4. The van der Waals surface area contributed by atoms with Gasteiger partial charge < -0.3 is 10.3 Å². The van der Waals surface area contributed by atoms with Gasteiger partial charge in [0.15, 0.2) is 0 Å². The van der Waals surface area contributed by atoms with Crippen molar-refractivity contribution in [1.82, 2.24) is 20.2 Å². The summed E-state index contributed by atoms with van der Waals surface area (Å²) in [6, 6.07) is 5.49. The molecule has 0 spiro atoms. The van der Waals surface area contributed by atoms with E-state index < -0.39 is 11.7 Å². The maximum atomic E-state index is 12.8. The number of carbonyl (C=O) groups is 1. The van der Waals surface area contributed by atoms with E-state index in [4.69, 9.17) is 0 Å². The molecule has 0 saturated carbocycles. The highest BCUT2D eigenvalue weighted by molar-refractivity contribution is 5.76. The number of amides is 1. The molecule has 0 unspecified atom stereocenters. The first kappa shape index (κ1) is 19.4. The first-order chi connectivity index (χ1) is 12.9. The first-order valence-electron chi connectivity index (χ1n) is 9.03. The fourth-order valence-electron chi connectivity index (χ4n) is 3.36. The summed E-state index contributed by atoms with van der Waals surface area (Å²) in [5, 5.41) is 2.85. The van der Waals surface area contributed by atoms with Crippen molar-refractivity contribution < 1.29 is 18.0 Å². The Labute approximate surface area is 156 Å². The fourth-order valence-corrected chi connectivity index (χ4v) is 3.36. The second kappa shape index (κ2) is 8.56. The van der Waals surface area contributed by atoms with E-state index in [-0.39, 0.29) is 5.91 Å². The molecular formula is C19H23F3N4O. The highest BCUT2D eigenvalue weighted by Crippen LogP contribution is 2.30. The number of halogens is 3. The van der Waals surface area contributed by atoms with Crippen LogP contribution in [0.5, 0.6) is 0 Å². The zero-order chi connectivity index (χ0) is 19.3. The number of hydrogen-bond donors (Lipinski definition) is 2. The lowest BCUT2D eigenvalue weighted by Gasteiger charge is -2.31. The number of aromatic nitrogens is 2. The van der Waals surface area contributed by atoms with Gasteiger partial charge in [-0.15, -0.1) is 0 Å². The van der Waals surface area contributed by atoms with Crippen LogP contribution in [0.4, 0.5) is 13.2 Å². The Kier molecular flexibility index (Phi) is 6.15. The van der Waals surface area contributed by atoms with Crippen molar-refractivity contribution in [2.75, 3.05) is 13.1 Å². The average Bonchev–Trinajstić information content (AvgIpc) is 3.15. The molecule has 3 rings (SSSR count). The lowest BCUT2D eigenvalue weighted by molar-refractivity contribution is -0.137. The SMILES string of the molecule is O=C(CC1CCN(Cc2cccc(C(F)(F)F)c2)CC1)NCc1ncc[nH]1. The molecule has 1 fully saturated rings. The van der Waals surface area contributed by atoms with Crippen molar-refractivity contribution in [3.63, 3.8) is 0 Å². The predicted molar refractivity (Wildman–Crippen MR) is 94.5 cm³/mol.